The maximum Gasteiger partial charge on any atom is 0.248 e. The topological polar surface area (TPSA) is 121 Å². The number of hydrogen-bond donors (Lipinski definition) is 3. The Labute approximate surface area is 231 Å². The third-order valence-electron chi connectivity index (χ3n) is 5.54. The van der Waals surface area contributed by atoms with Crippen LogP contribution in [0.15, 0.2) is 73.1 Å². The average Bonchev–Trinajstić information content (AvgIpc) is 2.94. The molecule has 3 N–H and O–H groups in total. The number of ether oxygens (including phenoxy) is 2. The van der Waals surface area contributed by atoms with Crippen LogP contribution in [0.2, 0.25) is 5.02 Å². The summed E-state index contributed by atoms with van der Waals surface area (Å²) < 4.78 is 11.6. The molecular formula is C29H27ClN6O3. The lowest BCUT2D eigenvalue weighted by atomic mass is 10.1. The van der Waals surface area contributed by atoms with Crippen molar-refractivity contribution in [3.8, 4) is 17.6 Å². The van der Waals surface area contributed by atoms with Crippen molar-refractivity contribution in [1.82, 2.24) is 15.3 Å². The number of amides is 1. The molecule has 0 saturated heterocycles. The van der Waals surface area contributed by atoms with Gasteiger partial charge in [0.05, 0.1) is 39.8 Å². The maximum absolute atomic E-state index is 12.5. The Morgan fingerprint density at radius 2 is 2.00 bits per heavy atom. The predicted molar refractivity (Wildman–Crippen MR) is 153 cm³/mol. The molecule has 0 atom stereocenters. The summed E-state index contributed by atoms with van der Waals surface area (Å²) in [5.74, 6) is 0.671. The van der Waals surface area contributed by atoms with Crippen molar-refractivity contribution < 1.29 is 14.3 Å². The molecule has 0 saturated carbocycles. The van der Waals surface area contributed by atoms with Gasteiger partial charge in [-0.2, -0.15) is 5.26 Å². The van der Waals surface area contributed by atoms with Gasteiger partial charge in [0.25, 0.3) is 0 Å². The summed E-state index contributed by atoms with van der Waals surface area (Å²) in [5.41, 5.74) is 3.31. The van der Waals surface area contributed by atoms with Crippen LogP contribution in [0, 0.1) is 11.3 Å². The molecule has 0 aliphatic carbocycles. The molecule has 1 amide bonds. The van der Waals surface area contributed by atoms with Crippen molar-refractivity contribution in [3.63, 3.8) is 0 Å². The SMILES string of the molecule is CCOc1cc2ncc(C#N)c(Nc3ccc(OCc4ccccn4)c(Cl)c3)c2cc1NC(=O)C=CCNC. The minimum absolute atomic E-state index is 0.279. The van der Waals surface area contributed by atoms with Gasteiger partial charge in [0, 0.05) is 42.2 Å². The highest BCUT2D eigenvalue weighted by Crippen LogP contribution is 2.37. The molecule has 2 aromatic heterocycles. The molecule has 0 unspecified atom stereocenters. The second-order valence-corrected chi connectivity index (χ2v) is 8.69. The molecule has 4 aromatic rings. The molecule has 2 heterocycles. The first kappa shape index (κ1) is 27.4. The number of carbonyl (C=O) groups is 1. The van der Waals surface area contributed by atoms with Crippen molar-refractivity contribution in [3.05, 3.63) is 89.4 Å². The summed E-state index contributed by atoms with van der Waals surface area (Å²) in [4.78, 5) is 21.2. The number of aromatic nitrogens is 2. The quantitative estimate of drug-likeness (QED) is 0.210. The summed E-state index contributed by atoms with van der Waals surface area (Å²) in [7, 11) is 1.79. The Morgan fingerprint density at radius 3 is 2.72 bits per heavy atom. The lowest BCUT2D eigenvalue weighted by Crippen LogP contribution is -2.11. The minimum atomic E-state index is -0.308. The van der Waals surface area contributed by atoms with Crippen molar-refractivity contribution in [2.75, 3.05) is 30.8 Å². The van der Waals surface area contributed by atoms with E-state index in [4.69, 9.17) is 21.1 Å². The Hall–Kier alpha value is -4.65. The van der Waals surface area contributed by atoms with E-state index in [2.05, 4.69) is 32.0 Å². The number of anilines is 3. The standard InChI is InChI=1S/C29H27ClN6O3/c1-3-38-27-15-24-22(14-25(27)36-28(37)8-6-11-32-2)29(19(16-31)17-34-24)35-20-9-10-26(23(30)13-20)39-18-21-7-4-5-12-33-21/h4-10,12-15,17,32H,3,11,18H2,1-2H3,(H,34,35)(H,36,37). The van der Waals surface area contributed by atoms with E-state index in [0.29, 0.717) is 63.2 Å². The van der Waals surface area contributed by atoms with Crippen molar-refractivity contribution in [2.45, 2.75) is 13.5 Å². The van der Waals surface area contributed by atoms with Gasteiger partial charge in [0.2, 0.25) is 5.91 Å². The summed E-state index contributed by atoms with van der Waals surface area (Å²) in [6.45, 7) is 3.10. The molecule has 0 fully saturated rings. The first-order valence-corrected chi connectivity index (χ1v) is 12.6. The van der Waals surface area contributed by atoms with Crippen LogP contribution in [0.1, 0.15) is 18.2 Å². The van der Waals surface area contributed by atoms with Gasteiger partial charge in [-0.05, 0) is 50.4 Å². The van der Waals surface area contributed by atoms with E-state index in [-0.39, 0.29) is 12.5 Å². The number of carbonyl (C=O) groups excluding carboxylic acids is 1. The fraction of sp³-hybridized carbons (Fsp3) is 0.172. The van der Waals surface area contributed by atoms with Gasteiger partial charge in [-0.15, -0.1) is 0 Å². The number of nitriles is 1. The monoisotopic (exact) mass is 542 g/mol. The van der Waals surface area contributed by atoms with E-state index < -0.39 is 0 Å². The molecule has 0 aliphatic rings. The highest BCUT2D eigenvalue weighted by Gasteiger charge is 2.16. The largest absolute Gasteiger partial charge is 0.492 e. The van der Waals surface area contributed by atoms with Gasteiger partial charge in [-0.25, -0.2) is 0 Å². The molecule has 39 heavy (non-hydrogen) atoms. The number of likely N-dealkylation sites (N-methyl/N-ethyl adjacent to an activating group) is 1. The first-order chi connectivity index (χ1) is 19.0. The van der Waals surface area contributed by atoms with Crippen LogP contribution >= 0.6 is 11.6 Å². The number of nitrogens with zero attached hydrogens (tertiary/aromatic N) is 3. The summed E-state index contributed by atoms with van der Waals surface area (Å²) in [6, 6.07) is 16.5. The van der Waals surface area contributed by atoms with Crippen molar-refractivity contribution >= 4 is 45.5 Å². The van der Waals surface area contributed by atoms with Crippen LogP contribution in [-0.2, 0) is 11.4 Å². The fourth-order valence-corrected chi connectivity index (χ4v) is 3.98. The number of benzene rings is 2. The number of pyridine rings is 2. The Kier molecular flexibility index (Phi) is 9.29. The second-order valence-electron chi connectivity index (χ2n) is 8.29. The van der Waals surface area contributed by atoms with Crippen LogP contribution in [0.25, 0.3) is 10.9 Å². The van der Waals surface area contributed by atoms with Crippen LogP contribution in [-0.4, -0.2) is 36.1 Å². The number of halogens is 1. The number of rotatable bonds is 11. The summed E-state index contributed by atoms with van der Waals surface area (Å²) >= 11 is 6.51. The number of hydrogen-bond acceptors (Lipinski definition) is 8. The van der Waals surface area contributed by atoms with Crippen molar-refractivity contribution in [2.24, 2.45) is 0 Å². The Morgan fingerprint density at radius 1 is 1.13 bits per heavy atom. The molecule has 0 aliphatic heterocycles. The smallest absolute Gasteiger partial charge is 0.248 e. The highest BCUT2D eigenvalue weighted by atomic mass is 35.5. The zero-order valence-electron chi connectivity index (χ0n) is 21.5. The van der Waals surface area contributed by atoms with E-state index in [1.807, 2.05) is 25.1 Å². The molecule has 0 bridgehead atoms. The lowest BCUT2D eigenvalue weighted by molar-refractivity contribution is -0.111. The Balaban J connectivity index is 1.65. The lowest BCUT2D eigenvalue weighted by Gasteiger charge is -2.16. The fourth-order valence-electron chi connectivity index (χ4n) is 3.75. The van der Waals surface area contributed by atoms with E-state index in [1.165, 1.54) is 12.3 Å². The van der Waals surface area contributed by atoms with Gasteiger partial charge in [-0.1, -0.05) is 23.7 Å². The number of fused-ring (bicyclic) bond motifs is 1. The summed E-state index contributed by atoms with van der Waals surface area (Å²) in [5, 5.41) is 19.9. The molecular weight excluding hydrogens is 516 g/mol. The van der Waals surface area contributed by atoms with E-state index in [0.717, 1.165) is 5.69 Å². The predicted octanol–water partition coefficient (Wildman–Crippen LogP) is 5.59. The van der Waals surface area contributed by atoms with Crippen LogP contribution < -0.4 is 25.4 Å². The van der Waals surface area contributed by atoms with Crippen LogP contribution in [0.4, 0.5) is 17.1 Å². The molecule has 198 valence electrons. The zero-order valence-corrected chi connectivity index (χ0v) is 22.2. The average molecular weight is 543 g/mol. The van der Waals surface area contributed by atoms with E-state index >= 15 is 0 Å². The van der Waals surface area contributed by atoms with Gasteiger partial charge in [0.15, 0.2) is 0 Å². The van der Waals surface area contributed by atoms with Gasteiger partial charge >= 0.3 is 0 Å². The normalized spacial score (nSPS) is 10.8. The van der Waals surface area contributed by atoms with Crippen LogP contribution in [0.5, 0.6) is 11.5 Å². The second kappa shape index (κ2) is 13.2. The molecule has 4 rings (SSSR count). The van der Waals surface area contributed by atoms with Gasteiger partial charge in [0.1, 0.15) is 24.2 Å². The molecule has 2 aromatic carbocycles. The van der Waals surface area contributed by atoms with Crippen molar-refractivity contribution in [1.29, 1.82) is 5.26 Å². The van der Waals surface area contributed by atoms with Gasteiger partial charge < -0.3 is 25.4 Å². The Bertz CT molecular complexity index is 1540. The third kappa shape index (κ3) is 7.02. The molecule has 10 heteroatoms. The highest BCUT2D eigenvalue weighted by molar-refractivity contribution is 6.32. The first-order valence-electron chi connectivity index (χ1n) is 12.2. The molecule has 0 spiro atoms. The summed E-state index contributed by atoms with van der Waals surface area (Å²) in [6.07, 6.45) is 6.35. The maximum atomic E-state index is 12.5. The molecule has 0 radical (unpaired) electrons. The van der Waals surface area contributed by atoms with Crippen LogP contribution in [0.3, 0.4) is 0 Å². The van der Waals surface area contributed by atoms with Gasteiger partial charge in [-0.3, -0.25) is 14.8 Å². The zero-order chi connectivity index (χ0) is 27.6. The minimum Gasteiger partial charge on any atom is -0.492 e. The molecule has 9 nitrogen and oxygen atoms in total. The third-order valence-corrected chi connectivity index (χ3v) is 5.84. The number of nitrogens with one attached hydrogen (secondary N) is 3. The van der Waals surface area contributed by atoms with E-state index in [1.54, 1.807) is 49.7 Å². The van der Waals surface area contributed by atoms with E-state index in [9.17, 15) is 10.1 Å².